The van der Waals surface area contributed by atoms with Crippen molar-refractivity contribution in [2.24, 2.45) is 11.7 Å². The van der Waals surface area contributed by atoms with Gasteiger partial charge in [-0.1, -0.05) is 0 Å². The van der Waals surface area contributed by atoms with Crippen LogP contribution >= 0.6 is 12.4 Å². The summed E-state index contributed by atoms with van der Waals surface area (Å²) < 4.78 is 4.44. The number of ether oxygens (including phenoxy) is 1. The second kappa shape index (κ2) is 5.42. The second-order valence-corrected chi connectivity index (χ2v) is 3.27. The largest absolute Gasteiger partial charge is 0.468 e. The summed E-state index contributed by atoms with van der Waals surface area (Å²) in [6.07, 6.45) is 1.99. The maximum Gasteiger partial charge on any atom is 0.322 e. The zero-order valence-electron chi connectivity index (χ0n) is 7.60. The van der Waals surface area contributed by atoms with Crippen LogP contribution in [0.3, 0.4) is 0 Å². The van der Waals surface area contributed by atoms with Gasteiger partial charge in [0.1, 0.15) is 6.04 Å². The highest BCUT2D eigenvalue weighted by atomic mass is 35.5. The van der Waals surface area contributed by atoms with Crippen LogP contribution in [0, 0.1) is 5.92 Å². The molecule has 4 nitrogen and oxygen atoms in total. The van der Waals surface area contributed by atoms with Crippen LogP contribution < -0.4 is 5.73 Å². The van der Waals surface area contributed by atoms with Gasteiger partial charge in [-0.25, -0.2) is 0 Å². The molecule has 0 aromatic carbocycles. The quantitative estimate of drug-likeness (QED) is 0.643. The number of hydrogen-bond acceptors (Lipinski definition) is 4. The zero-order valence-corrected chi connectivity index (χ0v) is 8.42. The summed E-state index contributed by atoms with van der Waals surface area (Å²) in [6, 6.07) is -0.675. The molecule has 0 aromatic rings. The van der Waals surface area contributed by atoms with Gasteiger partial charge < -0.3 is 15.6 Å². The SMILES string of the molecule is COC(=O)C(N)CC(O)C1CC1.Cl. The molecule has 1 aliphatic rings. The highest BCUT2D eigenvalue weighted by Crippen LogP contribution is 2.34. The van der Waals surface area contributed by atoms with Gasteiger partial charge in [-0.05, 0) is 25.2 Å². The summed E-state index contributed by atoms with van der Waals surface area (Å²) in [5.41, 5.74) is 5.46. The Bertz CT molecular complexity index is 173. The molecule has 0 aromatic heterocycles. The molecule has 0 saturated heterocycles. The Hall–Kier alpha value is -0.320. The van der Waals surface area contributed by atoms with Crippen LogP contribution in [0.15, 0.2) is 0 Å². The van der Waals surface area contributed by atoms with Gasteiger partial charge in [0, 0.05) is 0 Å². The molecule has 5 heteroatoms. The van der Waals surface area contributed by atoms with E-state index in [2.05, 4.69) is 4.74 Å². The lowest BCUT2D eigenvalue weighted by molar-refractivity contribution is -0.143. The lowest BCUT2D eigenvalue weighted by Crippen LogP contribution is -2.35. The number of carbonyl (C=O) groups excluding carboxylic acids is 1. The number of methoxy groups -OCH3 is 1. The molecule has 1 rings (SSSR count). The Morgan fingerprint density at radius 2 is 2.23 bits per heavy atom. The van der Waals surface area contributed by atoms with Gasteiger partial charge >= 0.3 is 5.97 Å². The molecule has 13 heavy (non-hydrogen) atoms. The summed E-state index contributed by atoms with van der Waals surface area (Å²) in [7, 11) is 1.30. The third-order valence-corrected chi connectivity index (χ3v) is 2.17. The van der Waals surface area contributed by atoms with Gasteiger partial charge in [0.25, 0.3) is 0 Å². The molecule has 1 saturated carbocycles. The van der Waals surface area contributed by atoms with Gasteiger partial charge in [-0.15, -0.1) is 12.4 Å². The molecule has 0 amide bonds. The minimum atomic E-state index is -0.675. The molecule has 0 bridgehead atoms. The molecule has 1 aliphatic carbocycles. The van der Waals surface area contributed by atoms with Gasteiger partial charge in [0.2, 0.25) is 0 Å². The Kier molecular flexibility index (Phi) is 5.29. The predicted molar refractivity (Wildman–Crippen MR) is 50.6 cm³/mol. The molecule has 2 atom stereocenters. The summed E-state index contributed by atoms with van der Waals surface area (Å²) in [5, 5.41) is 9.42. The highest BCUT2D eigenvalue weighted by molar-refractivity contribution is 5.85. The van der Waals surface area contributed by atoms with E-state index in [4.69, 9.17) is 5.73 Å². The Morgan fingerprint density at radius 1 is 1.69 bits per heavy atom. The van der Waals surface area contributed by atoms with Crippen LogP contribution in [-0.2, 0) is 9.53 Å². The van der Waals surface area contributed by atoms with E-state index in [0.717, 1.165) is 12.8 Å². The zero-order chi connectivity index (χ0) is 9.14. The first-order valence-electron chi connectivity index (χ1n) is 4.16. The van der Waals surface area contributed by atoms with E-state index in [0.29, 0.717) is 12.3 Å². The van der Waals surface area contributed by atoms with Crippen LogP contribution in [0.4, 0.5) is 0 Å². The Labute approximate surface area is 83.9 Å². The van der Waals surface area contributed by atoms with Crippen molar-refractivity contribution in [3.05, 3.63) is 0 Å². The molecular weight excluding hydrogens is 194 g/mol. The van der Waals surface area contributed by atoms with E-state index < -0.39 is 18.1 Å². The molecule has 0 spiro atoms. The van der Waals surface area contributed by atoms with Crippen molar-refractivity contribution < 1.29 is 14.6 Å². The van der Waals surface area contributed by atoms with Crippen LogP contribution in [0.2, 0.25) is 0 Å². The van der Waals surface area contributed by atoms with E-state index >= 15 is 0 Å². The summed E-state index contributed by atoms with van der Waals surface area (Å²) in [5.74, 6) is -0.0876. The number of esters is 1. The molecule has 3 N–H and O–H groups in total. The minimum absolute atomic E-state index is 0. The molecular formula is C8H16ClNO3. The van der Waals surface area contributed by atoms with Crippen molar-refractivity contribution in [3.63, 3.8) is 0 Å². The molecule has 0 radical (unpaired) electrons. The molecule has 78 valence electrons. The lowest BCUT2D eigenvalue weighted by Gasteiger charge is -2.13. The van der Waals surface area contributed by atoms with E-state index in [1.165, 1.54) is 7.11 Å². The number of aliphatic hydroxyl groups is 1. The first kappa shape index (κ1) is 12.7. The number of rotatable bonds is 4. The summed E-state index contributed by atoms with van der Waals surface area (Å²) in [4.78, 5) is 10.8. The monoisotopic (exact) mass is 209 g/mol. The third-order valence-electron chi connectivity index (χ3n) is 2.17. The molecule has 2 unspecified atom stereocenters. The first-order chi connectivity index (χ1) is 5.65. The van der Waals surface area contributed by atoms with Crippen LogP contribution in [0.1, 0.15) is 19.3 Å². The second-order valence-electron chi connectivity index (χ2n) is 3.27. The molecule has 1 fully saturated rings. The van der Waals surface area contributed by atoms with Gasteiger partial charge in [-0.2, -0.15) is 0 Å². The smallest absolute Gasteiger partial charge is 0.322 e. The predicted octanol–water partition coefficient (Wildman–Crippen LogP) is 0.0695. The third kappa shape index (κ3) is 3.93. The Morgan fingerprint density at radius 3 is 2.62 bits per heavy atom. The maximum atomic E-state index is 10.8. The number of hydrogen-bond donors (Lipinski definition) is 2. The van der Waals surface area contributed by atoms with Gasteiger partial charge in [0.15, 0.2) is 0 Å². The van der Waals surface area contributed by atoms with Crippen molar-refractivity contribution in [1.82, 2.24) is 0 Å². The fourth-order valence-corrected chi connectivity index (χ4v) is 1.18. The van der Waals surface area contributed by atoms with Crippen molar-refractivity contribution in [2.75, 3.05) is 7.11 Å². The molecule has 0 aliphatic heterocycles. The standard InChI is InChI=1S/C8H15NO3.ClH/c1-12-8(11)6(9)4-7(10)5-2-3-5;/h5-7,10H,2-4,9H2,1H3;1H. The maximum absolute atomic E-state index is 10.8. The minimum Gasteiger partial charge on any atom is -0.468 e. The molecule has 0 heterocycles. The van der Waals surface area contributed by atoms with Crippen LogP contribution in [0.25, 0.3) is 0 Å². The number of aliphatic hydroxyl groups excluding tert-OH is 1. The van der Waals surface area contributed by atoms with Crippen molar-refractivity contribution >= 4 is 18.4 Å². The normalized spacial score (nSPS) is 19.9. The summed E-state index contributed by atoms with van der Waals surface area (Å²) >= 11 is 0. The number of carbonyl (C=O) groups is 1. The van der Waals surface area contributed by atoms with Gasteiger partial charge in [0.05, 0.1) is 13.2 Å². The number of halogens is 1. The fourth-order valence-electron chi connectivity index (χ4n) is 1.18. The van der Waals surface area contributed by atoms with Crippen molar-refractivity contribution in [2.45, 2.75) is 31.4 Å². The van der Waals surface area contributed by atoms with E-state index in [1.807, 2.05) is 0 Å². The van der Waals surface area contributed by atoms with Crippen molar-refractivity contribution in [1.29, 1.82) is 0 Å². The highest BCUT2D eigenvalue weighted by Gasteiger charge is 2.32. The van der Waals surface area contributed by atoms with Crippen LogP contribution in [-0.4, -0.2) is 30.3 Å². The van der Waals surface area contributed by atoms with E-state index in [9.17, 15) is 9.90 Å². The van der Waals surface area contributed by atoms with E-state index in [-0.39, 0.29) is 12.4 Å². The van der Waals surface area contributed by atoms with Gasteiger partial charge in [-0.3, -0.25) is 4.79 Å². The van der Waals surface area contributed by atoms with Crippen molar-refractivity contribution in [3.8, 4) is 0 Å². The average Bonchev–Trinajstić information content (AvgIpc) is 2.84. The van der Waals surface area contributed by atoms with Crippen LogP contribution in [0.5, 0.6) is 0 Å². The summed E-state index contributed by atoms with van der Waals surface area (Å²) in [6.45, 7) is 0. The fraction of sp³-hybridized carbons (Fsp3) is 0.875. The first-order valence-corrected chi connectivity index (χ1v) is 4.16. The number of nitrogens with two attached hydrogens (primary N) is 1. The average molecular weight is 210 g/mol. The van der Waals surface area contributed by atoms with E-state index in [1.54, 1.807) is 0 Å². The topological polar surface area (TPSA) is 72.5 Å². The Balaban J connectivity index is 0.00000144. The lowest BCUT2D eigenvalue weighted by atomic mass is 10.1.